The number of hydrogen-bond acceptors (Lipinski definition) is 4. The highest BCUT2D eigenvalue weighted by Gasteiger charge is 2.31. The summed E-state index contributed by atoms with van der Waals surface area (Å²) in [4.78, 5) is 7.68. The second-order valence-electron chi connectivity index (χ2n) is 11.4. The molecule has 0 bridgehead atoms. The minimum atomic E-state index is 0.395. The minimum Gasteiger partial charge on any atom is -0.489 e. The molecular formula is C27H41N3O. The van der Waals surface area contributed by atoms with Crippen LogP contribution in [0.3, 0.4) is 0 Å². The molecule has 0 radical (unpaired) electrons. The van der Waals surface area contributed by atoms with Crippen molar-refractivity contribution in [3.8, 4) is 5.75 Å². The molecule has 1 saturated carbocycles. The molecule has 0 N–H and O–H groups in total. The first-order valence-electron chi connectivity index (χ1n) is 12.6. The van der Waals surface area contributed by atoms with Crippen molar-refractivity contribution in [2.75, 3.05) is 62.7 Å². The summed E-state index contributed by atoms with van der Waals surface area (Å²) in [6.45, 7) is 14.9. The predicted molar refractivity (Wildman–Crippen MR) is 131 cm³/mol. The van der Waals surface area contributed by atoms with E-state index in [0.29, 0.717) is 5.41 Å². The van der Waals surface area contributed by atoms with E-state index >= 15 is 0 Å². The maximum Gasteiger partial charge on any atom is 0.144 e. The average molecular weight is 424 g/mol. The van der Waals surface area contributed by atoms with Gasteiger partial charge in [-0.25, -0.2) is 0 Å². The van der Waals surface area contributed by atoms with E-state index in [2.05, 4.69) is 60.7 Å². The smallest absolute Gasteiger partial charge is 0.144 e. The summed E-state index contributed by atoms with van der Waals surface area (Å²) in [5.41, 5.74) is 6.07. The highest BCUT2D eigenvalue weighted by molar-refractivity contribution is 5.83. The molecule has 2 aliphatic heterocycles. The van der Waals surface area contributed by atoms with E-state index in [1.807, 2.05) is 0 Å². The summed E-state index contributed by atoms with van der Waals surface area (Å²) >= 11 is 0. The Labute approximate surface area is 189 Å². The molecule has 1 saturated heterocycles. The molecule has 2 aliphatic carbocycles. The van der Waals surface area contributed by atoms with Crippen LogP contribution in [-0.2, 0) is 0 Å². The van der Waals surface area contributed by atoms with Gasteiger partial charge in [0.05, 0.1) is 12.2 Å². The summed E-state index contributed by atoms with van der Waals surface area (Å²) in [5, 5.41) is 0. The van der Waals surface area contributed by atoms with Crippen LogP contribution in [0.1, 0.15) is 58.4 Å². The molecule has 31 heavy (non-hydrogen) atoms. The number of allylic oxidation sites excluding steroid dienone is 2. The lowest BCUT2D eigenvalue weighted by atomic mass is 9.72. The molecule has 0 aromatic heterocycles. The predicted octanol–water partition coefficient (Wildman–Crippen LogP) is 5.28. The second-order valence-corrected chi connectivity index (χ2v) is 11.4. The lowest BCUT2D eigenvalue weighted by Crippen LogP contribution is -2.47. The van der Waals surface area contributed by atoms with E-state index in [1.54, 1.807) is 5.57 Å². The lowest BCUT2D eigenvalue weighted by Gasteiger charge is -2.39. The van der Waals surface area contributed by atoms with Crippen molar-refractivity contribution in [3.05, 3.63) is 23.8 Å². The van der Waals surface area contributed by atoms with E-state index in [9.17, 15) is 0 Å². The van der Waals surface area contributed by atoms with E-state index in [4.69, 9.17) is 4.74 Å². The van der Waals surface area contributed by atoms with Crippen molar-refractivity contribution >= 4 is 16.9 Å². The molecule has 1 aromatic rings. The van der Waals surface area contributed by atoms with Crippen LogP contribution in [0, 0.1) is 17.3 Å². The number of likely N-dealkylation sites (N-methyl/N-ethyl adjacent to an activating group) is 1. The zero-order valence-corrected chi connectivity index (χ0v) is 20.1. The Morgan fingerprint density at radius 1 is 0.968 bits per heavy atom. The molecule has 4 aliphatic rings. The number of rotatable bonds is 4. The van der Waals surface area contributed by atoms with Gasteiger partial charge in [0.1, 0.15) is 12.4 Å². The quantitative estimate of drug-likeness (QED) is 0.656. The largest absolute Gasteiger partial charge is 0.489 e. The minimum absolute atomic E-state index is 0.395. The van der Waals surface area contributed by atoms with Crippen LogP contribution in [0.15, 0.2) is 18.2 Å². The lowest BCUT2D eigenvalue weighted by molar-refractivity contribution is 0.225. The molecule has 1 unspecified atom stereocenters. The average Bonchev–Trinajstić information content (AvgIpc) is 3.57. The third kappa shape index (κ3) is 4.60. The Morgan fingerprint density at radius 2 is 1.74 bits per heavy atom. The van der Waals surface area contributed by atoms with Gasteiger partial charge in [-0.3, -0.25) is 4.90 Å². The molecule has 4 heteroatoms. The molecular weight excluding hydrogens is 382 g/mol. The Bertz CT molecular complexity index is 828. The Balaban J connectivity index is 1.42. The molecule has 2 fully saturated rings. The molecule has 1 aromatic carbocycles. The second kappa shape index (κ2) is 8.35. The number of ether oxygens (including phenoxy) is 1. The van der Waals surface area contributed by atoms with Gasteiger partial charge in [-0.15, -0.1) is 0 Å². The summed E-state index contributed by atoms with van der Waals surface area (Å²) in [6.07, 6.45) is 9.15. The fourth-order valence-corrected chi connectivity index (χ4v) is 5.61. The van der Waals surface area contributed by atoms with Gasteiger partial charge in [-0.05, 0) is 61.0 Å². The van der Waals surface area contributed by atoms with Gasteiger partial charge < -0.3 is 14.5 Å². The molecule has 1 atom stereocenters. The van der Waals surface area contributed by atoms with Gasteiger partial charge in [-0.1, -0.05) is 26.8 Å². The van der Waals surface area contributed by atoms with E-state index in [0.717, 1.165) is 43.8 Å². The molecule has 4 nitrogen and oxygen atoms in total. The van der Waals surface area contributed by atoms with Crippen molar-refractivity contribution in [1.29, 1.82) is 0 Å². The number of fused-ring (bicyclic) bond motifs is 1. The number of piperazine rings is 1. The number of benzene rings is 1. The first kappa shape index (κ1) is 21.2. The SMILES string of the molecule is CN1CCOc2cc(N3CCN(CC4CC4)CC3)c(C3=CCC(C(C)(C)C)CC3)cc21. The molecule has 170 valence electrons. The third-order valence-electron chi connectivity index (χ3n) is 8.08. The van der Waals surface area contributed by atoms with E-state index in [-0.39, 0.29) is 0 Å². The van der Waals surface area contributed by atoms with Crippen molar-refractivity contribution < 1.29 is 4.74 Å². The Hall–Kier alpha value is -1.68. The topological polar surface area (TPSA) is 19.0 Å². The van der Waals surface area contributed by atoms with Crippen LogP contribution in [0.5, 0.6) is 5.75 Å². The van der Waals surface area contributed by atoms with Crippen molar-refractivity contribution in [2.45, 2.75) is 52.9 Å². The van der Waals surface area contributed by atoms with Crippen LogP contribution in [-0.4, -0.2) is 57.8 Å². The van der Waals surface area contributed by atoms with Gasteiger partial charge in [0.25, 0.3) is 0 Å². The van der Waals surface area contributed by atoms with Crippen LogP contribution in [0.2, 0.25) is 0 Å². The van der Waals surface area contributed by atoms with Crippen LogP contribution >= 0.6 is 0 Å². The fourth-order valence-electron chi connectivity index (χ4n) is 5.61. The normalized spacial score (nSPS) is 25.2. The van der Waals surface area contributed by atoms with Crippen molar-refractivity contribution in [1.82, 2.24) is 4.90 Å². The number of anilines is 2. The summed E-state index contributed by atoms with van der Waals surface area (Å²) in [7, 11) is 2.20. The summed E-state index contributed by atoms with van der Waals surface area (Å²) in [5.74, 6) is 2.84. The van der Waals surface area contributed by atoms with Gasteiger partial charge in [-0.2, -0.15) is 0 Å². The van der Waals surface area contributed by atoms with E-state index < -0.39 is 0 Å². The van der Waals surface area contributed by atoms with Crippen molar-refractivity contribution in [2.24, 2.45) is 17.3 Å². The standard InChI is InChI=1S/C27H41N3O/c1-27(2,3)22-9-7-21(8-10-22)23-17-25-26(31-16-15-28(25)4)18-24(23)30-13-11-29(12-14-30)19-20-5-6-20/h7,17-18,20,22H,5-6,8-16,19H2,1-4H3. The van der Waals surface area contributed by atoms with E-state index in [1.165, 1.54) is 68.7 Å². The van der Waals surface area contributed by atoms with Crippen molar-refractivity contribution in [3.63, 3.8) is 0 Å². The first-order chi connectivity index (χ1) is 14.9. The molecule has 0 spiro atoms. The zero-order valence-electron chi connectivity index (χ0n) is 20.1. The van der Waals surface area contributed by atoms with Crippen LogP contribution in [0.4, 0.5) is 11.4 Å². The van der Waals surface area contributed by atoms with Gasteiger partial charge in [0.15, 0.2) is 0 Å². The monoisotopic (exact) mass is 423 g/mol. The maximum absolute atomic E-state index is 6.11. The maximum atomic E-state index is 6.11. The Kier molecular flexibility index (Phi) is 5.70. The highest BCUT2D eigenvalue weighted by atomic mass is 16.5. The first-order valence-corrected chi connectivity index (χ1v) is 12.6. The summed E-state index contributed by atoms with van der Waals surface area (Å²) in [6, 6.07) is 4.79. The summed E-state index contributed by atoms with van der Waals surface area (Å²) < 4.78 is 6.11. The highest BCUT2D eigenvalue weighted by Crippen LogP contribution is 2.45. The van der Waals surface area contributed by atoms with Crippen LogP contribution in [0.25, 0.3) is 5.57 Å². The van der Waals surface area contributed by atoms with Gasteiger partial charge in [0.2, 0.25) is 0 Å². The number of nitrogens with zero attached hydrogens (tertiary/aromatic N) is 3. The fraction of sp³-hybridized carbons (Fsp3) is 0.704. The molecule has 0 amide bonds. The molecule has 5 rings (SSSR count). The Morgan fingerprint density at radius 3 is 2.39 bits per heavy atom. The van der Waals surface area contributed by atoms with Gasteiger partial charge >= 0.3 is 0 Å². The van der Waals surface area contributed by atoms with Gasteiger partial charge in [0, 0.05) is 57.1 Å². The molecule has 2 heterocycles. The third-order valence-corrected chi connectivity index (χ3v) is 8.08. The zero-order chi connectivity index (χ0) is 21.6. The van der Waals surface area contributed by atoms with Crippen LogP contribution < -0.4 is 14.5 Å². The number of hydrogen-bond donors (Lipinski definition) is 0.